The Morgan fingerprint density at radius 1 is 1.39 bits per heavy atom. The number of hydrogen-bond donors (Lipinski definition) is 2. The van der Waals surface area contributed by atoms with Crippen molar-refractivity contribution in [2.45, 2.75) is 25.4 Å². The molecule has 1 fully saturated rings. The summed E-state index contributed by atoms with van der Waals surface area (Å²) in [5.41, 5.74) is -1.81. The van der Waals surface area contributed by atoms with E-state index in [0.717, 1.165) is 0 Å². The Morgan fingerprint density at radius 2 is 2.12 bits per heavy atom. The first-order valence-electron chi connectivity index (χ1n) is 10.2. The average Bonchev–Trinajstić information content (AvgIpc) is 3.46. The fraction of sp³-hybridized carbons (Fsp3) is 0.409. The SMILES string of the molecule is CCN1C[C@@]2(C[C@@H]2COC)n2cc(C(=O)NCc3cccc(Cl)c3F)c(=O)c(O)c2C1=O.Cl. The van der Waals surface area contributed by atoms with Crippen LogP contribution in [0.2, 0.25) is 5.02 Å². The number of aromatic nitrogens is 1. The highest BCUT2D eigenvalue weighted by atomic mass is 35.5. The maximum absolute atomic E-state index is 14.1. The molecule has 1 aliphatic carbocycles. The fourth-order valence-corrected chi connectivity index (χ4v) is 4.62. The molecule has 0 bridgehead atoms. The minimum Gasteiger partial charge on any atom is -0.503 e. The van der Waals surface area contributed by atoms with Gasteiger partial charge in [0.25, 0.3) is 11.8 Å². The van der Waals surface area contributed by atoms with Crippen molar-refractivity contribution in [1.82, 2.24) is 14.8 Å². The van der Waals surface area contributed by atoms with Gasteiger partial charge < -0.3 is 24.6 Å². The molecule has 4 rings (SSSR count). The molecule has 2 N–H and O–H groups in total. The number of nitrogens with zero attached hydrogens (tertiary/aromatic N) is 2. The van der Waals surface area contributed by atoms with Crippen LogP contribution in [0.4, 0.5) is 4.39 Å². The Balaban J connectivity index is 0.00000306. The molecule has 2 heterocycles. The summed E-state index contributed by atoms with van der Waals surface area (Å²) in [5, 5.41) is 13.0. The second kappa shape index (κ2) is 9.32. The van der Waals surface area contributed by atoms with Crippen LogP contribution in [0.3, 0.4) is 0 Å². The van der Waals surface area contributed by atoms with Crippen LogP contribution >= 0.6 is 24.0 Å². The van der Waals surface area contributed by atoms with Gasteiger partial charge in [0, 0.05) is 44.4 Å². The van der Waals surface area contributed by atoms with Gasteiger partial charge in [-0.05, 0) is 19.4 Å². The minimum absolute atomic E-state index is 0. The van der Waals surface area contributed by atoms with E-state index in [1.807, 2.05) is 6.92 Å². The number of benzene rings is 1. The van der Waals surface area contributed by atoms with Gasteiger partial charge in [-0.1, -0.05) is 23.7 Å². The smallest absolute Gasteiger partial charge is 0.274 e. The molecule has 8 nitrogen and oxygen atoms in total. The van der Waals surface area contributed by atoms with E-state index in [1.54, 1.807) is 22.6 Å². The van der Waals surface area contributed by atoms with E-state index in [1.165, 1.54) is 18.3 Å². The van der Waals surface area contributed by atoms with Gasteiger partial charge in [-0.3, -0.25) is 14.4 Å². The molecule has 1 saturated carbocycles. The molecule has 2 atom stereocenters. The van der Waals surface area contributed by atoms with Gasteiger partial charge >= 0.3 is 0 Å². The van der Waals surface area contributed by atoms with Crippen molar-refractivity contribution in [3.05, 3.63) is 62.3 Å². The summed E-state index contributed by atoms with van der Waals surface area (Å²) in [6.45, 7) is 2.86. The average molecular weight is 500 g/mol. The van der Waals surface area contributed by atoms with Crippen LogP contribution in [0.15, 0.2) is 29.2 Å². The van der Waals surface area contributed by atoms with Crippen molar-refractivity contribution >= 4 is 35.8 Å². The summed E-state index contributed by atoms with van der Waals surface area (Å²) < 4.78 is 20.9. The number of carbonyl (C=O) groups excluding carboxylic acids is 2. The number of rotatable bonds is 6. The highest BCUT2D eigenvalue weighted by Gasteiger charge is 2.60. The Labute approximate surface area is 200 Å². The third-order valence-electron chi connectivity index (χ3n) is 6.28. The van der Waals surface area contributed by atoms with Crippen molar-refractivity contribution in [3.63, 3.8) is 0 Å². The van der Waals surface area contributed by atoms with E-state index >= 15 is 0 Å². The first-order chi connectivity index (χ1) is 15.2. The van der Waals surface area contributed by atoms with E-state index in [2.05, 4.69) is 5.32 Å². The van der Waals surface area contributed by atoms with Crippen LogP contribution in [0.25, 0.3) is 0 Å². The normalized spacial score (nSPS) is 20.9. The number of aromatic hydroxyl groups is 1. The Morgan fingerprint density at radius 3 is 2.79 bits per heavy atom. The van der Waals surface area contributed by atoms with Crippen molar-refractivity contribution in [3.8, 4) is 5.75 Å². The number of amides is 2. The zero-order chi connectivity index (χ0) is 23.2. The lowest BCUT2D eigenvalue weighted by atomic mass is 10.0. The molecule has 33 heavy (non-hydrogen) atoms. The molecule has 0 radical (unpaired) electrons. The number of fused-ring (bicyclic) bond motifs is 2. The molecule has 1 aromatic carbocycles. The highest BCUT2D eigenvalue weighted by molar-refractivity contribution is 6.30. The number of carbonyl (C=O) groups is 2. The van der Waals surface area contributed by atoms with Gasteiger partial charge in [-0.2, -0.15) is 0 Å². The lowest BCUT2D eigenvalue weighted by Crippen LogP contribution is -2.49. The summed E-state index contributed by atoms with van der Waals surface area (Å²) in [4.78, 5) is 40.0. The predicted octanol–water partition coefficient (Wildman–Crippen LogP) is 2.54. The van der Waals surface area contributed by atoms with Gasteiger partial charge in [0.15, 0.2) is 11.4 Å². The fourth-order valence-electron chi connectivity index (χ4n) is 4.43. The molecule has 1 spiro atoms. The minimum atomic E-state index is -0.953. The van der Waals surface area contributed by atoms with Gasteiger partial charge in [0.05, 0.1) is 17.2 Å². The number of nitrogens with one attached hydrogen (secondary N) is 1. The van der Waals surface area contributed by atoms with E-state index in [-0.39, 0.29) is 46.7 Å². The quantitative estimate of drug-likeness (QED) is 0.635. The molecular formula is C22H24Cl2FN3O5. The first-order valence-corrected chi connectivity index (χ1v) is 10.6. The Hall–Kier alpha value is -2.62. The second-order valence-corrected chi connectivity index (χ2v) is 8.52. The lowest BCUT2D eigenvalue weighted by Gasteiger charge is -2.37. The van der Waals surface area contributed by atoms with E-state index < -0.39 is 34.3 Å². The third kappa shape index (κ3) is 4.09. The largest absolute Gasteiger partial charge is 0.503 e. The number of ether oxygens (including phenoxy) is 1. The van der Waals surface area contributed by atoms with Crippen LogP contribution in [0, 0.1) is 11.7 Å². The number of methoxy groups -OCH3 is 1. The second-order valence-electron chi connectivity index (χ2n) is 8.11. The molecule has 0 unspecified atom stereocenters. The maximum atomic E-state index is 14.1. The van der Waals surface area contributed by atoms with Gasteiger partial charge in [0.2, 0.25) is 5.43 Å². The predicted molar refractivity (Wildman–Crippen MR) is 122 cm³/mol. The van der Waals surface area contributed by atoms with Crippen LogP contribution in [-0.2, 0) is 16.8 Å². The van der Waals surface area contributed by atoms with Crippen LogP contribution < -0.4 is 10.7 Å². The zero-order valence-corrected chi connectivity index (χ0v) is 19.6. The molecule has 2 aromatic rings. The molecule has 0 saturated heterocycles. The van der Waals surface area contributed by atoms with Gasteiger partial charge in [-0.25, -0.2) is 4.39 Å². The molecule has 2 aliphatic rings. The zero-order valence-electron chi connectivity index (χ0n) is 18.1. The van der Waals surface area contributed by atoms with Gasteiger partial charge in [-0.15, -0.1) is 12.4 Å². The Kier molecular flexibility index (Phi) is 7.07. The van der Waals surface area contributed by atoms with Crippen LogP contribution in [0.1, 0.15) is 39.8 Å². The topological polar surface area (TPSA) is 101 Å². The van der Waals surface area contributed by atoms with E-state index in [9.17, 15) is 23.9 Å². The first kappa shape index (κ1) is 25.0. The summed E-state index contributed by atoms with van der Waals surface area (Å²) in [7, 11) is 1.58. The number of likely N-dealkylation sites (N-methyl/N-ethyl adjacent to an activating group) is 1. The molecule has 1 aromatic heterocycles. The monoisotopic (exact) mass is 499 g/mol. The van der Waals surface area contributed by atoms with Crippen LogP contribution in [0.5, 0.6) is 5.75 Å². The molecule has 1 aliphatic heterocycles. The molecular weight excluding hydrogens is 476 g/mol. The maximum Gasteiger partial charge on any atom is 0.274 e. The molecule has 11 heteroatoms. The van der Waals surface area contributed by atoms with Crippen molar-refractivity contribution in [2.24, 2.45) is 5.92 Å². The third-order valence-corrected chi connectivity index (χ3v) is 6.57. The summed E-state index contributed by atoms with van der Waals surface area (Å²) in [6, 6.07) is 4.40. The molecule has 178 valence electrons. The van der Waals surface area contributed by atoms with Gasteiger partial charge in [0.1, 0.15) is 11.4 Å². The number of pyridine rings is 1. The van der Waals surface area contributed by atoms with Crippen molar-refractivity contribution < 1.29 is 23.8 Å². The number of hydrogen-bond acceptors (Lipinski definition) is 5. The summed E-state index contributed by atoms with van der Waals surface area (Å²) in [5.74, 6) is -2.62. The van der Waals surface area contributed by atoms with Crippen molar-refractivity contribution in [1.29, 1.82) is 0 Å². The summed E-state index contributed by atoms with van der Waals surface area (Å²) >= 11 is 5.77. The lowest BCUT2D eigenvalue weighted by molar-refractivity contribution is 0.0622. The highest BCUT2D eigenvalue weighted by Crippen LogP contribution is 2.54. The number of halogens is 3. The molecule has 2 amide bonds. The van der Waals surface area contributed by atoms with Crippen molar-refractivity contribution in [2.75, 3.05) is 26.8 Å². The van der Waals surface area contributed by atoms with E-state index in [4.69, 9.17) is 16.3 Å². The standard InChI is InChI=1S/C22H23ClFN3O5.ClH/c1-3-26-11-22(7-13(22)10-32-2)27-9-14(18(28)19(29)17(27)21(26)31)20(30)25-8-12-5-4-6-15(23)16(12)24;/h4-6,9,13,29H,3,7-8,10-11H2,1-2H3,(H,25,30);1H/t13-,22-;/m1./s1. The summed E-state index contributed by atoms with van der Waals surface area (Å²) in [6.07, 6.45) is 2.00. The van der Waals surface area contributed by atoms with Crippen LogP contribution in [-0.4, -0.2) is 53.2 Å². The Bertz CT molecular complexity index is 1170. The van der Waals surface area contributed by atoms with E-state index in [0.29, 0.717) is 26.1 Å².